The van der Waals surface area contributed by atoms with E-state index in [2.05, 4.69) is 4.98 Å². The monoisotopic (exact) mass is 149 g/mol. The molecule has 11 heavy (non-hydrogen) atoms. The molecule has 0 unspecified atom stereocenters. The highest BCUT2D eigenvalue weighted by atomic mass is 16.1. The third-order valence-electron chi connectivity index (χ3n) is 1.57. The molecule has 4 heteroatoms. The molecule has 2 aromatic heterocycles. The summed E-state index contributed by atoms with van der Waals surface area (Å²) in [4.78, 5) is 13.7. The van der Waals surface area contributed by atoms with E-state index < -0.39 is 0 Å². The summed E-state index contributed by atoms with van der Waals surface area (Å²) in [5.41, 5.74) is 6.25. The highest BCUT2D eigenvalue weighted by Crippen LogP contribution is 2.03. The van der Waals surface area contributed by atoms with E-state index in [9.17, 15) is 4.79 Å². The molecule has 0 saturated heterocycles. The van der Waals surface area contributed by atoms with Crippen LogP contribution in [0.3, 0.4) is 0 Å². The predicted molar refractivity (Wildman–Crippen MR) is 42.4 cm³/mol. The largest absolute Gasteiger partial charge is 0.384 e. The molecule has 0 radical (unpaired) electrons. The van der Waals surface area contributed by atoms with Gasteiger partial charge in [0.2, 0.25) is 0 Å². The second-order valence-electron chi connectivity index (χ2n) is 2.33. The Kier molecular flexibility index (Phi) is 1.03. The fraction of sp³-hybridized carbons (Fsp3) is 0. The Morgan fingerprint density at radius 2 is 2.36 bits per heavy atom. The van der Waals surface area contributed by atoms with Crippen LogP contribution in [0.25, 0.3) is 5.65 Å². The van der Waals surface area contributed by atoms with Crippen LogP contribution in [0.5, 0.6) is 0 Å². The molecule has 0 aliphatic carbocycles. The first-order valence-electron chi connectivity index (χ1n) is 3.22. The van der Waals surface area contributed by atoms with Crippen molar-refractivity contribution in [2.24, 2.45) is 0 Å². The lowest BCUT2D eigenvalue weighted by molar-refractivity contribution is 1.18. The highest BCUT2D eigenvalue weighted by molar-refractivity contribution is 5.47. The van der Waals surface area contributed by atoms with Crippen LogP contribution in [-0.4, -0.2) is 9.38 Å². The fourth-order valence-corrected chi connectivity index (χ4v) is 1.03. The van der Waals surface area contributed by atoms with E-state index in [-0.39, 0.29) is 5.43 Å². The zero-order valence-electron chi connectivity index (χ0n) is 5.74. The van der Waals surface area contributed by atoms with Crippen LogP contribution in [0.15, 0.2) is 29.3 Å². The van der Waals surface area contributed by atoms with Crippen molar-refractivity contribution in [3.05, 3.63) is 34.7 Å². The molecule has 0 spiro atoms. The Morgan fingerprint density at radius 1 is 1.55 bits per heavy atom. The number of nitrogens with one attached hydrogen (secondary N) is 1. The van der Waals surface area contributed by atoms with E-state index in [1.807, 2.05) is 0 Å². The van der Waals surface area contributed by atoms with Gasteiger partial charge in [-0.1, -0.05) is 0 Å². The average molecular weight is 149 g/mol. The number of hydrogen-bond donors (Lipinski definition) is 2. The van der Waals surface area contributed by atoms with Gasteiger partial charge in [-0.15, -0.1) is 0 Å². The summed E-state index contributed by atoms with van der Waals surface area (Å²) < 4.78 is 1.71. The average Bonchev–Trinajstić information content (AvgIpc) is 2.32. The van der Waals surface area contributed by atoms with Crippen LogP contribution in [0.2, 0.25) is 0 Å². The number of imidazole rings is 1. The number of anilines is 1. The van der Waals surface area contributed by atoms with Gasteiger partial charge >= 0.3 is 0 Å². The van der Waals surface area contributed by atoms with Gasteiger partial charge in [0.25, 0.3) is 0 Å². The van der Waals surface area contributed by atoms with Gasteiger partial charge in [-0.25, -0.2) is 0 Å². The van der Waals surface area contributed by atoms with Crippen molar-refractivity contribution >= 4 is 11.5 Å². The Hall–Kier alpha value is -1.71. The zero-order chi connectivity index (χ0) is 7.84. The summed E-state index contributed by atoms with van der Waals surface area (Å²) in [6.07, 6.45) is 3.29. The molecule has 0 amide bonds. The number of nitrogens with two attached hydrogens (primary N) is 1. The number of aromatic nitrogens is 2. The molecule has 2 aromatic rings. The van der Waals surface area contributed by atoms with E-state index in [1.54, 1.807) is 16.8 Å². The summed E-state index contributed by atoms with van der Waals surface area (Å²) in [6.45, 7) is 0. The normalized spacial score (nSPS) is 10.5. The maximum atomic E-state index is 10.8. The summed E-state index contributed by atoms with van der Waals surface area (Å²) in [6, 6.07) is 2.97. The molecule has 2 rings (SSSR count). The Bertz CT molecular complexity index is 440. The van der Waals surface area contributed by atoms with Gasteiger partial charge in [0.05, 0.1) is 0 Å². The number of rotatable bonds is 0. The minimum absolute atomic E-state index is 0.0214. The van der Waals surface area contributed by atoms with E-state index in [1.165, 1.54) is 12.1 Å². The van der Waals surface area contributed by atoms with Gasteiger partial charge in [0.1, 0.15) is 11.5 Å². The summed E-state index contributed by atoms with van der Waals surface area (Å²) in [5.74, 6) is 0.597. The van der Waals surface area contributed by atoms with E-state index in [0.717, 1.165) is 5.65 Å². The van der Waals surface area contributed by atoms with Crippen molar-refractivity contribution in [1.82, 2.24) is 9.38 Å². The minimum atomic E-state index is -0.0214. The standard InChI is InChI=1S/C7H7N3O/c8-6-4-9-7-3-5(11)1-2-10(6)7/h1-4,9H,8H2. The number of fused-ring (bicyclic) bond motifs is 1. The lowest BCUT2D eigenvalue weighted by atomic mass is 10.5. The molecular formula is C7H7N3O. The van der Waals surface area contributed by atoms with Crippen LogP contribution in [-0.2, 0) is 0 Å². The number of nitrogen functional groups attached to an aromatic ring is 1. The molecule has 0 aliphatic rings. The molecule has 0 saturated carbocycles. The van der Waals surface area contributed by atoms with Crippen LogP contribution >= 0.6 is 0 Å². The van der Waals surface area contributed by atoms with Crippen LogP contribution in [0, 0.1) is 0 Å². The second-order valence-corrected chi connectivity index (χ2v) is 2.33. The zero-order valence-corrected chi connectivity index (χ0v) is 5.74. The Balaban J connectivity index is 2.96. The van der Waals surface area contributed by atoms with Crippen molar-refractivity contribution in [3.63, 3.8) is 0 Å². The van der Waals surface area contributed by atoms with Crippen molar-refractivity contribution in [2.45, 2.75) is 0 Å². The van der Waals surface area contributed by atoms with Gasteiger partial charge in [0.15, 0.2) is 5.43 Å². The number of aromatic amines is 1. The van der Waals surface area contributed by atoms with Crippen molar-refractivity contribution in [2.75, 3.05) is 5.73 Å². The summed E-state index contributed by atoms with van der Waals surface area (Å²) >= 11 is 0. The smallest absolute Gasteiger partial charge is 0.183 e. The highest BCUT2D eigenvalue weighted by Gasteiger charge is 1.95. The van der Waals surface area contributed by atoms with Crippen molar-refractivity contribution in [3.8, 4) is 0 Å². The van der Waals surface area contributed by atoms with Gasteiger partial charge < -0.3 is 10.7 Å². The molecule has 56 valence electrons. The van der Waals surface area contributed by atoms with E-state index in [0.29, 0.717) is 5.82 Å². The third kappa shape index (κ3) is 0.797. The first-order chi connectivity index (χ1) is 5.27. The van der Waals surface area contributed by atoms with Crippen LogP contribution in [0.1, 0.15) is 0 Å². The maximum Gasteiger partial charge on any atom is 0.183 e. The molecular weight excluding hydrogens is 142 g/mol. The van der Waals surface area contributed by atoms with Crippen molar-refractivity contribution in [1.29, 1.82) is 0 Å². The minimum Gasteiger partial charge on any atom is -0.384 e. The molecule has 0 bridgehead atoms. The fourth-order valence-electron chi connectivity index (χ4n) is 1.03. The van der Waals surface area contributed by atoms with Gasteiger partial charge in [-0.3, -0.25) is 9.20 Å². The lowest BCUT2D eigenvalue weighted by Gasteiger charge is -1.91. The third-order valence-corrected chi connectivity index (χ3v) is 1.57. The topological polar surface area (TPSA) is 63.3 Å². The predicted octanol–water partition coefficient (Wildman–Crippen LogP) is 0.210. The summed E-state index contributed by atoms with van der Waals surface area (Å²) in [7, 11) is 0. The Morgan fingerprint density at radius 3 is 3.18 bits per heavy atom. The molecule has 3 N–H and O–H groups in total. The molecule has 2 heterocycles. The molecule has 0 fully saturated rings. The van der Waals surface area contributed by atoms with Gasteiger partial charge in [0, 0.05) is 24.5 Å². The maximum absolute atomic E-state index is 10.8. The molecule has 0 aromatic carbocycles. The van der Waals surface area contributed by atoms with E-state index >= 15 is 0 Å². The summed E-state index contributed by atoms with van der Waals surface area (Å²) in [5, 5.41) is 0. The lowest BCUT2D eigenvalue weighted by Crippen LogP contribution is -2.00. The van der Waals surface area contributed by atoms with Gasteiger partial charge in [-0.2, -0.15) is 0 Å². The van der Waals surface area contributed by atoms with Gasteiger partial charge in [-0.05, 0) is 0 Å². The SMILES string of the molecule is Nc1c[nH]c2cc(=O)ccn12. The second kappa shape index (κ2) is 1.88. The molecule has 4 nitrogen and oxygen atoms in total. The number of nitrogens with zero attached hydrogens (tertiary/aromatic N) is 1. The quantitative estimate of drug-likeness (QED) is 0.562. The molecule has 0 aliphatic heterocycles. The number of H-pyrrole nitrogens is 1. The first-order valence-corrected chi connectivity index (χ1v) is 3.22. The first kappa shape index (κ1) is 6.03. The van der Waals surface area contributed by atoms with Crippen LogP contribution < -0.4 is 11.2 Å². The Labute approximate surface area is 62.3 Å². The van der Waals surface area contributed by atoms with Crippen LogP contribution in [0.4, 0.5) is 5.82 Å². The molecule has 0 atom stereocenters. The van der Waals surface area contributed by atoms with Crippen molar-refractivity contribution < 1.29 is 0 Å². The number of pyridine rings is 1. The van der Waals surface area contributed by atoms with E-state index in [4.69, 9.17) is 5.73 Å². The number of hydrogen-bond acceptors (Lipinski definition) is 2.